The van der Waals surface area contributed by atoms with E-state index in [0.29, 0.717) is 32.0 Å². The van der Waals surface area contributed by atoms with Crippen molar-refractivity contribution in [2.75, 3.05) is 31.6 Å². The Morgan fingerprint density at radius 3 is 2.53 bits per heavy atom. The van der Waals surface area contributed by atoms with Crippen LogP contribution in [0.2, 0.25) is 0 Å². The first kappa shape index (κ1) is 21.0. The number of carbonyl (C=O) groups excluding carboxylic acids is 1. The van der Waals surface area contributed by atoms with Crippen molar-refractivity contribution >= 4 is 29.0 Å². The first-order chi connectivity index (χ1) is 16.8. The van der Waals surface area contributed by atoms with Crippen LogP contribution in [0.4, 0.5) is 11.4 Å². The molecule has 2 aliphatic heterocycles. The van der Waals surface area contributed by atoms with Crippen LogP contribution in [-0.4, -0.2) is 46.9 Å². The van der Waals surface area contributed by atoms with Crippen molar-refractivity contribution in [2.24, 2.45) is 0 Å². The van der Waals surface area contributed by atoms with Gasteiger partial charge < -0.3 is 15.0 Å². The molecule has 0 bridgehead atoms. The van der Waals surface area contributed by atoms with Gasteiger partial charge in [-0.3, -0.25) is 4.79 Å². The molecule has 6 rings (SSSR count). The van der Waals surface area contributed by atoms with Crippen LogP contribution < -0.4 is 5.32 Å². The third kappa shape index (κ3) is 3.87. The van der Waals surface area contributed by atoms with Crippen molar-refractivity contribution in [2.45, 2.75) is 10.6 Å². The number of carbonyl (C=O) groups is 1. The molecule has 0 saturated carbocycles. The lowest BCUT2D eigenvalue weighted by molar-refractivity contribution is 0.0298. The van der Waals surface area contributed by atoms with E-state index < -0.39 is 0 Å². The molecule has 2 aliphatic rings. The molecule has 34 heavy (non-hydrogen) atoms. The third-order valence-corrected chi connectivity index (χ3v) is 7.25. The lowest BCUT2D eigenvalue weighted by atomic mass is 10.0. The Morgan fingerprint density at radius 2 is 1.68 bits per heavy atom. The highest BCUT2D eigenvalue weighted by atomic mass is 32.2. The number of nitrogens with one attached hydrogen (secondary N) is 1. The maximum atomic E-state index is 13.5. The minimum atomic E-state index is -0.0168. The van der Waals surface area contributed by atoms with Crippen LogP contribution >= 0.6 is 11.8 Å². The summed E-state index contributed by atoms with van der Waals surface area (Å²) in [4.78, 5) is 16.6. The topological polar surface area (TPSA) is 59.4 Å². The van der Waals surface area contributed by atoms with Crippen LogP contribution in [0.25, 0.3) is 16.9 Å². The number of hydrogen-bond donors (Lipinski definition) is 1. The van der Waals surface area contributed by atoms with Gasteiger partial charge in [0.05, 0.1) is 24.6 Å². The van der Waals surface area contributed by atoms with E-state index in [1.165, 1.54) is 4.90 Å². The molecule has 0 unspecified atom stereocenters. The van der Waals surface area contributed by atoms with E-state index in [1.54, 1.807) is 11.8 Å². The minimum Gasteiger partial charge on any atom is -0.378 e. The van der Waals surface area contributed by atoms with E-state index in [9.17, 15) is 4.79 Å². The van der Waals surface area contributed by atoms with Gasteiger partial charge in [-0.15, -0.1) is 11.8 Å². The summed E-state index contributed by atoms with van der Waals surface area (Å²) in [6.45, 7) is 2.33. The largest absolute Gasteiger partial charge is 0.378 e. The second-order valence-electron chi connectivity index (χ2n) is 8.32. The molecule has 3 heterocycles. The van der Waals surface area contributed by atoms with Crippen molar-refractivity contribution in [1.82, 2.24) is 14.7 Å². The molecule has 0 radical (unpaired) electrons. The van der Waals surface area contributed by atoms with Gasteiger partial charge in [0.1, 0.15) is 0 Å². The SMILES string of the molecule is O=C(c1nn(-c2cccc(Nc3ccccc3)c2)c2c1CSc1ccccc1-2)N1CCOCC1. The minimum absolute atomic E-state index is 0.0168. The Bertz CT molecular complexity index is 1350. The average Bonchev–Trinajstić information content (AvgIpc) is 3.30. The first-order valence-electron chi connectivity index (χ1n) is 11.4. The summed E-state index contributed by atoms with van der Waals surface area (Å²) in [7, 11) is 0. The summed E-state index contributed by atoms with van der Waals surface area (Å²) < 4.78 is 7.39. The Hall–Kier alpha value is -3.55. The van der Waals surface area contributed by atoms with E-state index in [-0.39, 0.29) is 5.91 Å². The highest BCUT2D eigenvalue weighted by molar-refractivity contribution is 7.98. The van der Waals surface area contributed by atoms with Gasteiger partial charge in [0.15, 0.2) is 5.69 Å². The number of hydrogen-bond acceptors (Lipinski definition) is 5. The molecule has 1 aromatic heterocycles. The lowest BCUT2D eigenvalue weighted by Crippen LogP contribution is -2.41. The predicted molar refractivity (Wildman–Crippen MR) is 135 cm³/mol. The normalized spacial score (nSPS) is 14.9. The van der Waals surface area contributed by atoms with Crippen molar-refractivity contribution < 1.29 is 9.53 Å². The van der Waals surface area contributed by atoms with Crippen LogP contribution in [0.15, 0.2) is 83.8 Å². The summed E-state index contributed by atoms with van der Waals surface area (Å²) in [5, 5.41) is 8.39. The smallest absolute Gasteiger partial charge is 0.274 e. The van der Waals surface area contributed by atoms with Crippen LogP contribution in [0.3, 0.4) is 0 Å². The Kier molecular flexibility index (Phi) is 5.57. The summed E-state index contributed by atoms with van der Waals surface area (Å²) in [5.74, 6) is 0.705. The molecular weight excluding hydrogens is 444 g/mol. The Labute approximate surface area is 202 Å². The fourth-order valence-corrected chi connectivity index (χ4v) is 5.55. The summed E-state index contributed by atoms with van der Waals surface area (Å²) >= 11 is 1.76. The van der Waals surface area contributed by atoms with Gasteiger partial charge in [-0.2, -0.15) is 5.10 Å². The van der Waals surface area contributed by atoms with Crippen molar-refractivity contribution in [3.05, 3.63) is 90.1 Å². The fraction of sp³-hybridized carbons (Fsp3) is 0.185. The molecule has 7 heteroatoms. The monoisotopic (exact) mass is 468 g/mol. The summed E-state index contributed by atoms with van der Waals surface area (Å²) in [6, 6.07) is 26.6. The van der Waals surface area contributed by atoms with E-state index in [0.717, 1.165) is 39.6 Å². The van der Waals surface area contributed by atoms with Gasteiger partial charge in [0.2, 0.25) is 0 Å². The zero-order valence-electron chi connectivity index (χ0n) is 18.6. The number of benzene rings is 3. The zero-order chi connectivity index (χ0) is 22.9. The van der Waals surface area contributed by atoms with Crippen LogP contribution in [0, 0.1) is 0 Å². The molecule has 0 spiro atoms. The number of rotatable bonds is 4. The van der Waals surface area contributed by atoms with E-state index >= 15 is 0 Å². The molecule has 1 amide bonds. The molecule has 6 nitrogen and oxygen atoms in total. The molecule has 0 aliphatic carbocycles. The number of ether oxygens (including phenoxy) is 1. The lowest BCUT2D eigenvalue weighted by Gasteiger charge is -2.26. The molecule has 1 fully saturated rings. The predicted octanol–water partition coefficient (Wildman–Crippen LogP) is 5.36. The molecular formula is C27H24N4O2S. The van der Waals surface area contributed by atoms with E-state index in [2.05, 4.69) is 29.6 Å². The maximum absolute atomic E-state index is 13.5. The third-order valence-electron chi connectivity index (χ3n) is 6.15. The molecule has 3 aromatic carbocycles. The second-order valence-corrected chi connectivity index (χ2v) is 9.34. The standard InChI is InChI=1S/C27H24N4O2S/c32-27(30-13-15-33-16-14-30)25-23-18-34-24-12-5-4-11-22(24)26(23)31(29-25)21-10-6-9-20(17-21)28-19-7-2-1-3-8-19/h1-12,17,28H,13-16,18H2. The average molecular weight is 469 g/mol. The number of morpholine rings is 1. The van der Waals surface area contributed by atoms with Gasteiger partial charge in [-0.05, 0) is 36.4 Å². The summed E-state index contributed by atoms with van der Waals surface area (Å²) in [6.07, 6.45) is 0. The Balaban J connectivity index is 1.46. The first-order valence-corrected chi connectivity index (χ1v) is 12.4. The van der Waals surface area contributed by atoms with E-state index in [4.69, 9.17) is 9.84 Å². The maximum Gasteiger partial charge on any atom is 0.274 e. The molecule has 1 saturated heterocycles. The number of fused-ring (bicyclic) bond motifs is 3. The molecule has 1 N–H and O–H groups in total. The number of amides is 1. The van der Waals surface area contributed by atoms with Crippen molar-refractivity contribution in [3.63, 3.8) is 0 Å². The molecule has 4 aromatic rings. The number of thioether (sulfide) groups is 1. The fourth-order valence-electron chi connectivity index (χ4n) is 4.48. The highest BCUT2D eigenvalue weighted by Crippen LogP contribution is 2.44. The van der Waals surface area contributed by atoms with Crippen LogP contribution in [0.1, 0.15) is 16.1 Å². The van der Waals surface area contributed by atoms with Gasteiger partial charge in [-0.25, -0.2) is 4.68 Å². The van der Waals surface area contributed by atoms with Gasteiger partial charge >= 0.3 is 0 Å². The zero-order valence-corrected chi connectivity index (χ0v) is 19.4. The van der Waals surface area contributed by atoms with Gasteiger partial charge in [-0.1, -0.05) is 42.5 Å². The highest BCUT2D eigenvalue weighted by Gasteiger charge is 2.31. The number of aromatic nitrogens is 2. The van der Waals surface area contributed by atoms with Crippen LogP contribution in [-0.2, 0) is 10.5 Å². The van der Waals surface area contributed by atoms with Gasteiger partial charge in [0, 0.05) is 46.2 Å². The number of nitrogens with zero attached hydrogens (tertiary/aromatic N) is 3. The van der Waals surface area contributed by atoms with E-state index in [1.807, 2.05) is 64.2 Å². The van der Waals surface area contributed by atoms with Crippen molar-refractivity contribution in [3.8, 4) is 16.9 Å². The van der Waals surface area contributed by atoms with Gasteiger partial charge in [0.25, 0.3) is 5.91 Å². The quantitative estimate of drug-likeness (QED) is 0.437. The Morgan fingerprint density at radius 1 is 0.912 bits per heavy atom. The van der Waals surface area contributed by atoms with Crippen molar-refractivity contribution in [1.29, 1.82) is 0 Å². The summed E-state index contributed by atoms with van der Waals surface area (Å²) in [5.41, 5.74) is 6.56. The molecule has 0 atom stereocenters. The van der Waals surface area contributed by atoms with Crippen LogP contribution in [0.5, 0.6) is 0 Å². The number of anilines is 2. The number of para-hydroxylation sites is 1. The second kappa shape index (κ2) is 9.00. The molecule has 170 valence electrons.